The van der Waals surface area contributed by atoms with Crippen LogP contribution in [-0.2, 0) is 94.8 Å². The first-order valence-electron chi connectivity index (χ1n) is 32.3. The van der Waals surface area contributed by atoms with Crippen LogP contribution in [-0.4, -0.2) is 208 Å². The number of aliphatic hydroxyl groups is 4. The van der Waals surface area contributed by atoms with E-state index in [1.807, 2.05) is 90.2 Å². The molecule has 0 saturated carbocycles. The van der Waals surface area contributed by atoms with Gasteiger partial charge in [-0.3, -0.25) is 61.0 Å². The highest BCUT2D eigenvalue weighted by Crippen LogP contribution is 2.63. The smallest absolute Gasteiger partial charge is 0.392 e. The third kappa shape index (κ3) is 20.4. The lowest BCUT2D eigenvalue weighted by Crippen LogP contribution is -2.40. The summed E-state index contributed by atoms with van der Waals surface area (Å²) in [6, 6.07) is 21.6. The summed E-state index contributed by atoms with van der Waals surface area (Å²) in [5.74, 6) is -1.34. The van der Waals surface area contributed by atoms with Crippen molar-refractivity contribution in [3.63, 3.8) is 0 Å². The van der Waals surface area contributed by atoms with E-state index in [0.717, 1.165) is 33.3 Å². The van der Waals surface area contributed by atoms with Crippen LogP contribution in [0.25, 0.3) is 22.3 Å². The first kappa shape index (κ1) is 82.8. The molecule has 0 amide bonds. The maximum absolute atomic E-state index is 14.5. The SMILES string of the molecule is C.CC(Cc1ccccc1)C(=O)OCI.CO[C@H]1C(OP(=O)(OC[C@H]2O[C@@H](n3cnc4c(N)ncnc43)CC2O)SCOC(=O)C(C)Cc2ccccc2)[C@@H](CO)O[C@H]1n1ccc(=O)[nH]c1=O.CO[C@H]1C(OP(O)(=S)OC[C@H]2O[C@@H](n3cnc4c(N)ncnc43)CC2O)[C@@H](CO)O[C@H]1n1ccc(=O)[nH]c1=O. The molecule has 576 valence electrons. The van der Waals surface area contributed by atoms with Crippen molar-refractivity contribution in [3.05, 3.63) is 163 Å². The van der Waals surface area contributed by atoms with E-state index in [2.05, 4.69) is 39.9 Å². The molecule has 8 aromatic rings. The largest absolute Gasteiger partial charge is 0.455 e. The zero-order valence-electron chi connectivity index (χ0n) is 56.4. The minimum Gasteiger partial charge on any atom is -0.455 e. The number of alkyl halides is 1. The van der Waals surface area contributed by atoms with E-state index in [1.165, 1.54) is 57.5 Å². The zero-order valence-corrected chi connectivity index (χ0v) is 62.0. The van der Waals surface area contributed by atoms with E-state index in [-0.39, 0.29) is 50.4 Å². The molecule has 6 aromatic heterocycles. The molecule has 0 bridgehead atoms. The van der Waals surface area contributed by atoms with Gasteiger partial charge < -0.3 is 79.2 Å². The number of nitrogens with one attached hydrogen (secondary N) is 2. The maximum Gasteiger partial charge on any atom is 0.392 e. The molecule has 0 radical (unpaired) electrons. The lowest BCUT2D eigenvalue weighted by Gasteiger charge is -2.28. The van der Waals surface area contributed by atoms with Gasteiger partial charge in [-0.15, -0.1) is 0 Å². The van der Waals surface area contributed by atoms with Crippen LogP contribution in [0.5, 0.6) is 0 Å². The highest BCUT2D eigenvalue weighted by atomic mass is 127. The number of nitrogens with two attached hydrogens (primary N) is 2. The molecule has 38 nitrogen and oxygen atoms in total. The Morgan fingerprint density at radius 2 is 1.07 bits per heavy atom. The Balaban J connectivity index is 0.000000211. The average molecular weight is 1670 g/mol. The normalized spacial score (nSPS) is 25.8. The molecule has 8 unspecified atom stereocenters. The second-order valence-electron chi connectivity index (χ2n) is 24.1. The van der Waals surface area contributed by atoms with Crippen molar-refractivity contribution in [3.8, 4) is 0 Å². The van der Waals surface area contributed by atoms with Crippen LogP contribution in [0.2, 0.25) is 0 Å². The van der Waals surface area contributed by atoms with Crippen molar-refractivity contribution in [1.82, 2.24) is 58.1 Å². The minimum absolute atomic E-state index is 0. The standard InChI is InChI=1S/C31H38N7O12PS.C20H26N7O10PS.C11H13IO2.CH4/c1-17(10-18-6-4-3-5-7-18)30(42)46-16-52-51(44,50-25-20(12-39)49-29(26(25)45-2)37-9-8-22(41)36-31(37)43)47-13-21-19(40)11-23(48-21)38-15-35-24-27(32)33-14-34-28(24)38;1-33-16-15(10(5-28)36-19(16)26-3-2-12(30)25-20(26)31)37-38(32,39)34-6-11-9(29)4-13(35-11)27-8-24-14-17(21)22-7-23-18(14)27;1-9(11(13)14-8-12)7-10-5-3-2-4-6-10;/h3-9,14-15,17,19-21,23,25-26,29,39-40H,10-13,16H2,1-2H3,(H2,32,33,34)(H,36,41,43);2-3,7-11,13,15-16,19,28-29H,4-6H2,1H3,(H,32,39)(H2,21,22,23)(H,25,30,31);2-6,9H,7-8H2,1H3;1H4/t17?,19?,20-,21-,23-,25?,26+,29-,51?;9?,10-,11-,13-,15?,16+,19-,38?;;/m11../s1. The number of fused-ring (bicyclic) bond motifs is 2. The van der Waals surface area contributed by atoms with E-state index in [1.54, 1.807) is 16.1 Å². The number of imidazole rings is 2. The zero-order chi connectivity index (χ0) is 75.3. The van der Waals surface area contributed by atoms with Gasteiger partial charge in [-0.2, -0.15) is 0 Å². The summed E-state index contributed by atoms with van der Waals surface area (Å²) in [7, 11) is 2.61. The number of benzene rings is 2. The van der Waals surface area contributed by atoms with Crippen LogP contribution in [0, 0.1) is 11.8 Å². The van der Waals surface area contributed by atoms with Crippen molar-refractivity contribution in [2.24, 2.45) is 11.8 Å². The summed E-state index contributed by atoms with van der Waals surface area (Å²) in [6.45, 7) is -6.79. The predicted molar refractivity (Wildman–Crippen MR) is 389 cm³/mol. The molecule has 106 heavy (non-hydrogen) atoms. The van der Waals surface area contributed by atoms with Crippen molar-refractivity contribution in [1.29, 1.82) is 0 Å². The fourth-order valence-electron chi connectivity index (χ4n) is 11.8. The number of carbonyl (C=O) groups excluding carboxylic acids is 2. The summed E-state index contributed by atoms with van der Waals surface area (Å²) in [4.78, 5) is 112. The molecule has 12 rings (SSSR count). The number of ether oxygens (including phenoxy) is 8. The first-order valence-corrected chi connectivity index (χ1v) is 39.5. The number of halogens is 1. The van der Waals surface area contributed by atoms with Crippen LogP contribution in [0.4, 0.5) is 11.6 Å². The summed E-state index contributed by atoms with van der Waals surface area (Å²) in [5, 5.41) is 41.6. The Morgan fingerprint density at radius 1 is 0.632 bits per heavy atom. The fourth-order valence-corrected chi connectivity index (χ4v) is 16.3. The van der Waals surface area contributed by atoms with Gasteiger partial charge in [0.05, 0.1) is 63.1 Å². The Morgan fingerprint density at radius 3 is 1.49 bits per heavy atom. The van der Waals surface area contributed by atoms with E-state index in [0.29, 0.717) is 44.7 Å². The van der Waals surface area contributed by atoms with Crippen molar-refractivity contribution < 1.29 is 95.5 Å². The van der Waals surface area contributed by atoms with E-state index in [9.17, 15) is 58.7 Å². The number of hydrogen-bond acceptors (Lipinski definition) is 33. The summed E-state index contributed by atoms with van der Waals surface area (Å²) < 4.78 is 88.3. The average Bonchev–Trinajstić information content (AvgIpc) is 1.65. The Bertz CT molecular complexity index is 4590. The van der Waals surface area contributed by atoms with Crippen LogP contribution in [0.3, 0.4) is 0 Å². The van der Waals surface area contributed by atoms with Gasteiger partial charge in [0.2, 0.25) is 0 Å². The number of carbonyl (C=O) groups is 2. The number of aromatic nitrogens is 12. The summed E-state index contributed by atoms with van der Waals surface area (Å²) in [5.41, 5.74) is 12.6. The monoisotopic (exact) mass is 1670 g/mol. The van der Waals surface area contributed by atoms with Crippen LogP contribution < -0.4 is 34.0 Å². The van der Waals surface area contributed by atoms with Gasteiger partial charge >= 0.3 is 36.8 Å². The molecule has 4 aliphatic rings. The molecule has 18 atom stereocenters. The second-order valence-corrected chi connectivity index (χ2v) is 31.5. The number of aliphatic hydroxyl groups excluding tert-OH is 4. The molecule has 43 heteroatoms. The van der Waals surface area contributed by atoms with Crippen molar-refractivity contribution in [2.45, 2.75) is 133 Å². The van der Waals surface area contributed by atoms with E-state index >= 15 is 0 Å². The van der Waals surface area contributed by atoms with Gasteiger partial charge in [0, 0.05) is 63.0 Å². The predicted octanol–water partition coefficient (Wildman–Crippen LogP) is 2.70. The number of nitrogens with zero attached hydrogens (tertiary/aromatic N) is 10. The van der Waals surface area contributed by atoms with Crippen LogP contribution in [0.1, 0.15) is 70.2 Å². The van der Waals surface area contributed by atoms with Gasteiger partial charge in [0.1, 0.15) is 95.5 Å². The molecule has 0 spiro atoms. The fraction of sp³-hybridized carbons (Fsp3) is 0.492. The Labute approximate surface area is 626 Å². The number of methoxy groups -OCH3 is 2. The van der Waals surface area contributed by atoms with Crippen molar-refractivity contribution in [2.75, 3.05) is 62.7 Å². The molecular formula is C63H81IN14O24P2S2. The van der Waals surface area contributed by atoms with Gasteiger partial charge in [-0.1, -0.05) is 81.9 Å². The third-order valence-electron chi connectivity index (χ3n) is 17.0. The maximum atomic E-state index is 14.5. The molecule has 2 aromatic carbocycles. The summed E-state index contributed by atoms with van der Waals surface area (Å²) >= 11 is 7.75. The number of H-pyrrole nitrogens is 2. The number of rotatable bonds is 28. The van der Waals surface area contributed by atoms with Crippen LogP contribution in [0.15, 0.2) is 130 Å². The molecular weight excluding hydrogens is 1590 g/mol. The second kappa shape index (κ2) is 37.8. The molecule has 0 aliphatic carbocycles. The third-order valence-corrected chi connectivity index (χ3v) is 22.2. The van der Waals surface area contributed by atoms with Gasteiger partial charge in [-0.25, -0.2) is 44.1 Å². The Hall–Kier alpha value is -7.20. The van der Waals surface area contributed by atoms with Gasteiger partial charge in [-0.05, 0) is 58.4 Å². The molecule has 10 heterocycles. The lowest BCUT2D eigenvalue weighted by atomic mass is 10.0. The van der Waals surface area contributed by atoms with E-state index < -0.39 is 160 Å². The number of aromatic amines is 2. The van der Waals surface area contributed by atoms with Gasteiger partial charge in [0.15, 0.2) is 35.4 Å². The van der Waals surface area contributed by atoms with Gasteiger partial charge in [0.25, 0.3) is 11.1 Å². The molecule has 4 aliphatic heterocycles. The lowest BCUT2D eigenvalue weighted by molar-refractivity contribution is -0.146. The highest BCUT2D eigenvalue weighted by Gasteiger charge is 2.52. The molecule has 4 fully saturated rings. The number of anilines is 2. The highest BCUT2D eigenvalue weighted by molar-refractivity contribution is 14.1. The summed E-state index contributed by atoms with van der Waals surface area (Å²) in [6.07, 6.45) is -5.20. The Kier molecular flexibility index (Phi) is 29.5. The quantitative estimate of drug-likeness (QED) is 0.0112. The number of nitrogen functional groups attached to an aromatic ring is 2. The number of hydrogen-bond donors (Lipinski definition) is 9. The first-order chi connectivity index (χ1) is 50.3. The van der Waals surface area contributed by atoms with E-state index in [4.69, 9.17) is 79.3 Å². The minimum atomic E-state index is -4.39. The molecule has 11 N–H and O–H groups in total. The van der Waals surface area contributed by atoms with Crippen LogP contribution >= 0.6 is 47.5 Å². The van der Waals surface area contributed by atoms with Crippen molar-refractivity contribution >= 4 is 105 Å². The number of esters is 2. The molecule has 4 saturated heterocycles. The topological polar surface area (TPSA) is 512 Å².